The third kappa shape index (κ3) is 2.74. The molecule has 2 aromatic heterocycles. The molecule has 6 nitrogen and oxygen atoms in total. The van der Waals surface area contributed by atoms with Crippen molar-refractivity contribution in [3.63, 3.8) is 0 Å². The minimum atomic E-state index is -3.78. The molecular weight excluding hydrogens is 354 g/mol. The van der Waals surface area contributed by atoms with Crippen molar-refractivity contribution in [3.05, 3.63) is 34.2 Å². The Morgan fingerprint density at radius 2 is 2.14 bits per heavy atom. The molecule has 3 rings (SSSR count). The Bertz CT molecular complexity index is 904. The van der Waals surface area contributed by atoms with Crippen LogP contribution in [0.3, 0.4) is 0 Å². The third-order valence-corrected chi connectivity index (χ3v) is 6.39. The molecule has 21 heavy (non-hydrogen) atoms. The summed E-state index contributed by atoms with van der Waals surface area (Å²) in [4.78, 5) is 0. The quantitative estimate of drug-likeness (QED) is 0.745. The minimum Gasteiger partial charge on any atom is -0.392 e. The molecule has 0 aliphatic carbocycles. The summed E-state index contributed by atoms with van der Waals surface area (Å²) in [5, 5.41) is 10.8. The number of rotatable bonds is 4. The predicted octanol–water partition coefficient (Wildman–Crippen LogP) is 2.70. The van der Waals surface area contributed by atoms with Gasteiger partial charge in [0.1, 0.15) is 15.2 Å². The number of hydrogen-bond acceptors (Lipinski definition) is 7. The molecule has 0 fully saturated rings. The van der Waals surface area contributed by atoms with E-state index in [0.717, 1.165) is 23.1 Å². The number of thiophene rings is 1. The van der Waals surface area contributed by atoms with Crippen LogP contribution in [-0.2, 0) is 16.6 Å². The summed E-state index contributed by atoms with van der Waals surface area (Å²) in [6, 6.07) is 4.66. The lowest BCUT2D eigenvalue weighted by atomic mass is 10.3. The Hall–Kier alpha value is -1.26. The molecule has 0 aliphatic heterocycles. The van der Waals surface area contributed by atoms with Gasteiger partial charge in [-0.2, -0.15) is 8.75 Å². The highest BCUT2D eigenvalue weighted by molar-refractivity contribution is 7.94. The van der Waals surface area contributed by atoms with Gasteiger partial charge >= 0.3 is 0 Å². The maximum atomic E-state index is 12.4. The molecule has 0 atom stereocenters. The first-order valence-electron chi connectivity index (χ1n) is 5.63. The van der Waals surface area contributed by atoms with E-state index in [1.807, 2.05) is 0 Å². The fraction of sp³-hybridized carbons (Fsp3) is 0.0909. The molecule has 2 heterocycles. The number of aliphatic hydroxyl groups excluding tert-OH is 1. The van der Waals surface area contributed by atoms with Crippen molar-refractivity contribution >= 4 is 61.4 Å². The number of aromatic nitrogens is 2. The molecule has 0 unspecified atom stereocenters. The van der Waals surface area contributed by atoms with Crippen LogP contribution < -0.4 is 4.72 Å². The van der Waals surface area contributed by atoms with Gasteiger partial charge in [0.2, 0.25) is 0 Å². The van der Waals surface area contributed by atoms with Crippen LogP contribution in [0.2, 0.25) is 5.02 Å². The van der Waals surface area contributed by atoms with Gasteiger partial charge in [-0.15, -0.1) is 11.3 Å². The first-order chi connectivity index (χ1) is 10.0. The van der Waals surface area contributed by atoms with Crippen LogP contribution >= 0.6 is 34.7 Å². The van der Waals surface area contributed by atoms with Crippen molar-refractivity contribution in [2.75, 3.05) is 4.72 Å². The molecule has 0 radical (unpaired) electrons. The molecule has 2 N–H and O–H groups in total. The molecule has 3 aromatic rings. The minimum absolute atomic E-state index is 0.0998. The highest BCUT2D eigenvalue weighted by Crippen LogP contribution is 2.32. The van der Waals surface area contributed by atoms with Gasteiger partial charge in [0.15, 0.2) is 0 Å². The lowest BCUT2D eigenvalue weighted by molar-refractivity contribution is 0.282. The molecular formula is C11H8ClN3O3S3. The number of halogens is 1. The van der Waals surface area contributed by atoms with Gasteiger partial charge in [0, 0.05) is 0 Å². The SMILES string of the molecule is O=S(=O)(Nc1c(Cl)ccc2nsnc12)c1cc(CO)cs1. The number of nitrogens with one attached hydrogen (secondary N) is 1. The van der Waals surface area contributed by atoms with E-state index >= 15 is 0 Å². The van der Waals surface area contributed by atoms with Crippen LogP contribution in [0.5, 0.6) is 0 Å². The standard InChI is InChI=1S/C11H8ClN3O3S3/c12-7-1-2-8-11(14-20-13-8)10(7)15-21(17,18)9-3-6(4-16)5-19-9/h1-3,5,15-16H,4H2. The van der Waals surface area contributed by atoms with E-state index < -0.39 is 10.0 Å². The second kappa shape index (κ2) is 5.50. The third-order valence-electron chi connectivity index (χ3n) is 2.69. The molecule has 0 saturated carbocycles. The van der Waals surface area contributed by atoms with Crippen LogP contribution in [0, 0.1) is 0 Å². The van der Waals surface area contributed by atoms with Gasteiger partial charge in [-0.05, 0) is 29.1 Å². The maximum Gasteiger partial charge on any atom is 0.271 e. The van der Waals surface area contributed by atoms with Gasteiger partial charge in [-0.1, -0.05) is 11.6 Å². The maximum absolute atomic E-state index is 12.4. The molecule has 110 valence electrons. The average molecular weight is 362 g/mol. The highest BCUT2D eigenvalue weighted by Gasteiger charge is 2.21. The number of hydrogen-bond donors (Lipinski definition) is 2. The van der Waals surface area contributed by atoms with E-state index in [9.17, 15) is 8.42 Å². The Morgan fingerprint density at radius 1 is 1.33 bits per heavy atom. The van der Waals surface area contributed by atoms with Gasteiger partial charge < -0.3 is 5.11 Å². The first kappa shape index (κ1) is 14.7. The van der Waals surface area contributed by atoms with E-state index in [2.05, 4.69) is 13.5 Å². The second-order valence-electron chi connectivity index (χ2n) is 4.09. The van der Waals surface area contributed by atoms with Crippen LogP contribution in [-0.4, -0.2) is 22.3 Å². The fourth-order valence-corrected chi connectivity index (χ4v) is 4.77. The summed E-state index contributed by atoms with van der Waals surface area (Å²) in [5.74, 6) is 0. The number of nitrogens with zero attached hydrogens (tertiary/aromatic N) is 2. The Kier molecular flexibility index (Phi) is 3.84. The van der Waals surface area contributed by atoms with E-state index in [1.165, 1.54) is 6.07 Å². The van der Waals surface area contributed by atoms with Crippen molar-refractivity contribution in [1.82, 2.24) is 8.75 Å². The molecule has 0 aliphatic rings. The van der Waals surface area contributed by atoms with E-state index in [0.29, 0.717) is 16.6 Å². The largest absolute Gasteiger partial charge is 0.392 e. The summed E-state index contributed by atoms with van der Waals surface area (Å²) in [6.45, 7) is -0.210. The lowest BCUT2D eigenvalue weighted by Crippen LogP contribution is -2.12. The summed E-state index contributed by atoms with van der Waals surface area (Å²) in [7, 11) is -3.78. The summed E-state index contributed by atoms with van der Waals surface area (Å²) in [5.41, 5.74) is 1.74. The topological polar surface area (TPSA) is 92.2 Å². The van der Waals surface area contributed by atoms with Crippen LogP contribution in [0.15, 0.2) is 27.8 Å². The fourth-order valence-electron chi connectivity index (χ4n) is 1.69. The van der Waals surface area contributed by atoms with E-state index in [1.54, 1.807) is 17.5 Å². The molecule has 10 heteroatoms. The smallest absolute Gasteiger partial charge is 0.271 e. The van der Waals surface area contributed by atoms with Crippen molar-refractivity contribution in [3.8, 4) is 0 Å². The zero-order chi connectivity index (χ0) is 15.0. The normalized spacial score (nSPS) is 11.9. The van der Waals surface area contributed by atoms with Gasteiger partial charge in [-0.25, -0.2) is 8.42 Å². The lowest BCUT2D eigenvalue weighted by Gasteiger charge is -2.08. The van der Waals surface area contributed by atoms with Gasteiger partial charge in [0.25, 0.3) is 10.0 Å². The van der Waals surface area contributed by atoms with Gasteiger partial charge in [-0.3, -0.25) is 4.72 Å². The molecule has 0 spiro atoms. The number of benzene rings is 1. The van der Waals surface area contributed by atoms with Crippen LogP contribution in [0.4, 0.5) is 5.69 Å². The van der Waals surface area contributed by atoms with E-state index in [-0.39, 0.29) is 21.5 Å². The van der Waals surface area contributed by atoms with Crippen molar-refractivity contribution in [1.29, 1.82) is 0 Å². The number of fused-ring (bicyclic) bond motifs is 1. The van der Waals surface area contributed by atoms with Crippen molar-refractivity contribution < 1.29 is 13.5 Å². The average Bonchev–Trinajstić information content (AvgIpc) is 3.10. The van der Waals surface area contributed by atoms with Crippen molar-refractivity contribution in [2.24, 2.45) is 0 Å². The first-order valence-corrected chi connectivity index (χ1v) is 9.10. The molecule has 1 aromatic carbocycles. The Balaban J connectivity index is 2.04. The van der Waals surface area contributed by atoms with Crippen LogP contribution in [0.1, 0.15) is 5.56 Å². The molecule has 0 bridgehead atoms. The van der Waals surface area contributed by atoms with Crippen LogP contribution in [0.25, 0.3) is 11.0 Å². The summed E-state index contributed by atoms with van der Waals surface area (Å²) < 4.78 is 35.4. The monoisotopic (exact) mass is 361 g/mol. The second-order valence-corrected chi connectivity index (χ2v) is 7.85. The zero-order valence-corrected chi connectivity index (χ0v) is 13.5. The number of anilines is 1. The Morgan fingerprint density at radius 3 is 2.86 bits per heavy atom. The summed E-state index contributed by atoms with van der Waals surface area (Å²) in [6.07, 6.45) is 0. The zero-order valence-electron chi connectivity index (χ0n) is 10.3. The number of aliphatic hydroxyl groups is 1. The van der Waals surface area contributed by atoms with Gasteiger partial charge in [0.05, 0.1) is 29.0 Å². The van der Waals surface area contributed by atoms with Crippen molar-refractivity contribution in [2.45, 2.75) is 10.8 Å². The predicted molar refractivity (Wildman–Crippen MR) is 83.5 cm³/mol. The van der Waals surface area contributed by atoms with E-state index in [4.69, 9.17) is 16.7 Å². The Labute approximate surface area is 133 Å². The molecule has 0 saturated heterocycles. The summed E-state index contributed by atoms with van der Waals surface area (Å²) >= 11 is 8.07. The molecule has 0 amide bonds. The number of sulfonamides is 1. The highest BCUT2D eigenvalue weighted by atomic mass is 35.5.